The second kappa shape index (κ2) is 8.78. The van der Waals surface area contributed by atoms with E-state index in [1.54, 1.807) is 0 Å². The smallest absolute Gasteiger partial charge is 0.317 e. The lowest BCUT2D eigenvalue weighted by atomic mass is 10.0. The molecule has 0 aliphatic carbocycles. The molecule has 2 aliphatic heterocycles. The molecule has 0 bridgehead atoms. The topological polar surface area (TPSA) is 59.4 Å². The van der Waals surface area contributed by atoms with Gasteiger partial charge in [-0.3, -0.25) is 0 Å². The molecular formula is C22H30N4O2. The van der Waals surface area contributed by atoms with Crippen molar-refractivity contribution >= 4 is 6.03 Å². The number of aromatic nitrogens is 2. The number of nitrogens with one attached hydrogen (secondary N) is 1. The van der Waals surface area contributed by atoms with Crippen LogP contribution in [0.15, 0.2) is 36.5 Å². The first-order valence-corrected chi connectivity index (χ1v) is 10.4. The molecule has 2 fully saturated rings. The molecule has 1 atom stereocenters. The number of amides is 2. The molecule has 1 unspecified atom stereocenters. The summed E-state index contributed by atoms with van der Waals surface area (Å²) in [6.07, 6.45) is 7.04. The first kappa shape index (κ1) is 19.0. The average molecular weight is 383 g/mol. The Morgan fingerprint density at radius 1 is 1.21 bits per heavy atom. The molecule has 2 saturated heterocycles. The number of hydrogen-bond acceptors (Lipinski definition) is 3. The van der Waals surface area contributed by atoms with E-state index in [-0.39, 0.29) is 12.1 Å². The number of aryl methyl sites for hydroxylation is 1. The Kier molecular flexibility index (Phi) is 5.95. The van der Waals surface area contributed by atoms with Gasteiger partial charge in [-0.05, 0) is 44.6 Å². The van der Waals surface area contributed by atoms with Gasteiger partial charge in [0.1, 0.15) is 11.9 Å². The van der Waals surface area contributed by atoms with Crippen LogP contribution in [-0.2, 0) is 11.2 Å². The summed E-state index contributed by atoms with van der Waals surface area (Å²) in [5, 5.41) is 3.07. The Bertz CT molecular complexity index is 775. The van der Waals surface area contributed by atoms with Crippen LogP contribution in [0, 0.1) is 6.92 Å². The molecule has 2 aromatic rings. The van der Waals surface area contributed by atoms with Crippen LogP contribution in [0.1, 0.15) is 54.9 Å². The lowest BCUT2D eigenvalue weighted by Gasteiger charge is -2.34. The number of likely N-dealkylation sites (tertiary alicyclic amines) is 1. The zero-order valence-electron chi connectivity index (χ0n) is 16.6. The quantitative estimate of drug-likeness (QED) is 0.859. The summed E-state index contributed by atoms with van der Waals surface area (Å²) < 4.78 is 8.23. The molecule has 0 spiro atoms. The minimum atomic E-state index is 0.0519. The van der Waals surface area contributed by atoms with E-state index in [1.165, 1.54) is 11.3 Å². The summed E-state index contributed by atoms with van der Waals surface area (Å²) in [5.74, 6) is 1.07. The molecule has 6 heteroatoms. The number of imidazole rings is 1. The van der Waals surface area contributed by atoms with Crippen LogP contribution >= 0.6 is 0 Å². The highest BCUT2D eigenvalue weighted by Crippen LogP contribution is 2.33. The molecule has 1 N–H and O–H groups in total. The number of rotatable bonds is 5. The summed E-state index contributed by atoms with van der Waals surface area (Å²) in [4.78, 5) is 19.1. The molecule has 2 aliphatic rings. The van der Waals surface area contributed by atoms with Crippen molar-refractivity contribution in [2.45, 2.75) is 51.2 Å². The van der Waals surface area contributed by atoms with E-state index in [4.69, 9.17) is 4.74 Å². The van der Waals surface area contributed by atoms with Crippen molar-refractivity contribution in [2.75, 3.05) is 26.2 Å². The molecular weight excluding hydrogens is 352 g/mol. The van der Waals surface area contributed by atoms with Crippen molar-refractivity contribution in [2.24, 2.45) is 0 Å². The third-order valence-corrected chi connectivity index (χ3v) is 5.88. The first-order valence-electron chi connectivity index (χ1n) is 10.4. The van der Waals surface area contributed by atoms with Crippen molar-refractivity contribution in [1.29, 1.82) is 0 Å². The fourth-order valence-corrected chi connectivity index (χ4v) is 4.36. The van der Waals surface area contributed by atoms with Crippen molar-refractivity contribution < 1.29 is 9.53 Å². The average Bonchev–Trinajstić information content (AvgIpc) is 3.38. The summed E-state index contributed by atoms with van der Waals surface area (Å²) in [6.45, 7) is 5.19. The van der Waals surface area contributed by atoms with Crippen LogP contribution in [-0.4, -0.2) is 46.7 Å². The summed E-state index contributed by atoms with van der Waals surface area (Å²) >= 11 is 0. The van der Waals surface area contributed by atoms with Crippen LogP contribution in [0.3, 0.4) is 0 Å². The maximum Gasteiger partial charge on any atom is 0.317 e. The third kappa shape index (κ3) is 4.22. The van der Waals surface area contributed by atoms with Gasteiger partial charge in [0, 0.05) is 44.2 Å². The highest BCUT2D eigenvalue weighted by Gasteiger charge is 2.29. The summed E-state index contributed by atoms with van der Waals surface area (Å²) in [5.41, 5.74) is 2.44. The second-order valence-electron chi connectivity index (χ2n) is 7.82. The largest absolute Gasteiger partial charge is 0.370 e. The summed E-state index contributed by atoms with van der Waals surface area (Å²) in [6, 6.07) is 10.7. The predicted molar refractivity (Wildman–Crippen MR) is 108 cm³/mol. The van der Waals surface area contributed by atoms with Crippen LogP contribution in [0.25, 0.3) is 0 Å². The Morgan fingerprint density at radius 2 is 2.00 bits per heavy atom. The highest BCUT2D eigenvalue weighted by molar-refractivity contribution is 5.74. The standard InChI is InChI=1S/C22H30N4O2/c1-17-16-24-21(20-8-5-15-28-20)26(17)19-10-13-25(14-11-19)22(27)23-12-9-18-6-3-2-4-7-18/h2-4,6-7,16,19-20H,5,8-15H2,1H3,(H,23,27). The molecule has 3 heterocycles. The Labute approximate surface area is 166 Å². The molecule has 4 rings (SSSR count). The maximum absolute atomic E-state index is 12.5. The third-order valence-electron chi connectivity index (χ3n) is 5.88. The number of nitrogens with zero attached hydrogens (tertiary/aromatic N) is 3. The maximum atomic E-state index is 12.5. The Morgan fingerprint density at radius 3 is 2.71 bits per heavy atom. The van der Waals surface area contributed by atoms with Crippen molar-refractivity contribution in [3.63, 3.8) is 0 Å². The number of benzene rings is 1. The van der Waals surface area contributed by atoms with Gasteiger partial charge in [0.15, 0.2) is 0 Å². The monoisotopic (exact) mass is 382 g/mol. The fraction of sp³-hybridized carbons (Fsp3) is 0.545. The Balaban J connectivity index is 1.29. The molecule has 150 valence electrons. The van der Waals surface area contributed by atoms with Crippen LogP contribution in [0.4, 0.5) is 4.79 Å². The molecule has 28 heavy (non-hydrogen) atoms. The number of carbonyl (C=O) groups excluding carboxylic acids is 1. The molecule has 0 radical (unpaired) electrons. The van der Waals surface area contributed by atoms with E-state index in [2.05, 4.69) is 33.9 Å². The van der Waals surface area contributed by atoms with E-state index < -0.39 is 0 Å². The van der Waals surface area contributed by atoms with Crippen molar-refractivity contribution in [1.82, 2.24) is 19.8 Å². The van der Waals surface area contributed by atoms with E-state index in [0.29, 0.717) is 12.6 Å². The number of hydrogen-bond donors (Lipinski definition) is 1. The molecule has 1 aromatic heterocycles. The van der Waals surface area contributed by atoms with Gasteiger partial charge in [0.05, 0.1) is 0 Å². The Hall–Kier alpha value is -2.34. The minimum Gasteiger partial charge on any atom is -0.370 e. The van der Waals surface area contributed by atoms with E-state index >= 15 is 0 Å². The predicted octanol–water partition coefficient (Wildman–Crippen LogP) is 3.63. The minimum absolute atomic E-state index is 0.0519. The highest BCUT2D eigenvalue weighted by atomic mass is 16.5. The van der Waals surface area contributed by atoms with E-state index in [1.807, 2.05) is 29.3 Å². The molecule has 2 amide bonds. The van der Waals surface area contributed by atoms with E-state index in [0.717, 1.165) is 57.6 Å². The van der Waals surface area contributed by atoms with Gasteiger partial charge >= 0.3 is 6.03 Å². The lowest BCUT2D eigenvalue weighted by Crippen LogP contribution is -2.45. The number of carbonyl (C=O) groups is 1. The van der Waals surface area contributed by atoms with Crippen LogP contribution in [0.5, 0.6) is 0 Å². The van der Waals surface area contributed by atoms with Gasteiger partial charge in [-0.1, -0.05) is 30.3 Å². The van der Waals surface area contributed by atoms with Gasteiger partial charge in [-0.25, -0.2) is 9.78 Å². The summed E-state index contributed by atoms with van der Waals surface area (Å²) in [7, 11) is 0. The van der Waals surface area contributed by atoms with Gasteiger partial charge < -0.3 is 19.5 Å². The molecule has 0 saturated carbocycles. The zero-order valence-corrected chi connectivity index (χ0v) is 16.6. The number of urea groups is 1. The van der Waals surface area contributed by atoms with E-state index in [9.17, 15) is 4.79 Å². The van der Waals surface area contributed by atoms with Gasteiger partial charge in [0.2, 0.25) is 0 Å². The zero-order chi connectivity index (χ0) is 19.3. The SMILES string of the molecule is Cc1cnc(C2CCCO2)n1C1CCN(C(=O)NCCc2ccccc2)CC1. The molecule has 1 aromatic carbocycles. The number of ether oxygens (including phenoxy) is 1. The lowest BCUT2D eigenvalue weighted by molar-refractivity contribution is 0.0972. The van der Waals surface area contributed by atoms with Crippen molar-refractivity contribution in [3.8, 4) is 0 Å². The van der Waals surface area contributed by atoms with Gasteiger partial charge in [0.25, 0.3) is 0 Å². The second-order valence-corrected chi connectivity index (χ2v) is 7.82. The van der Waals surface area contributed by atoms with Crippen LogP contribution in [0.2, 0.25) is 0 Å². The normalized spacial score (nSPS) is 20.5. The molecule has 6 nitrogen and oxygen atoms in total. The van der Waals surface area contributed by atoms with Crippen LogP contribution < -0.4 is 5.32 Å². The van der Waals surface area contributed by atoms with Gasteiger partial charge in [-0.2, -0.15) is 0 Å². The number of piperidine rings is 1. The van der Waals surface area contributed by atoms with Crippen molar-refractivity contribution in [3.05, 3.63) is 53.6 Å². The first-order chi connectivity index (χ1) is 13.7. The fourth-order valence-electron chi connectivity index (χ4n) is 4.36. The van der Waals surface area contributed by atoms with Gasteiger partial charge in [-0.15, -0.1) is 0 Å².